The Bertz CT molecular complexity index is 445. The first-order chi connectivity index (χ1) is 6.95. The maximum atomic E-state index is 11.2. The van der Waals surface area contributed by atoms with E-state index in [0.717, 1.165) is 0 Å². The van der Waals surface area contributed by atoms with Crippen LogP contribution in [0.4, 0.5) is 0 Å². The minimum atomic E-state index is -3.75. The predicted molar refractivity (Wildman–Crippen MR) is 58.2 cm³/mol. The molecular weight excluding hydrogens is 238 g/mol. The summed E-state index contributed by atoms with van der Waals surface area (Å²) in [4.78, 5) is 0.0310. The molecule has 3 N–H and O–H groups in total. The van der Waals surface area contributed by atoms with Crippen LogP contribution in [0.5, 0.6) is 0 Å². The number of rotatable bonds is 4. The van der Waals surface area contributed by atoms with E-state index >= 15 is 0 Å². The summed E-state index contributed by atoms with van der Waals surface area (Å²) in [6, 6.07) is 4.53. The molecule has 6 heteroatoms. The summed E-state index contributed by atoms with van der Waals surface area (Å²) in [5.74, 6) is 0. The van der Waals surface area contributed by atoms with Crippen LogP contribution in [0.25, 0.3) is 0 Å². The van der Waals surface area contributed by atoms with Crippen LogP contribution in [-0.4, -0.2) is 20.1 Å². The van der Waals surface area contributed by atoms with Crippen molar-refractivity contribution >= 4 is 21.6 Å². The van der Waals surface area contributed by atoms with Crippen LogP contribution >= 0.6 is 11.6 Å². The first kappa shape index (κ1) is 12.4. The Morgan fingerprint density at radius 1 is 1.40 bits per heavy atom. The van der Waals surface area contributed by atoms with Gasteiger partial charge in [-0.1, -0.05) is 17.7 Å². The lowest BCUT2D eigenvalue weighted by Gasteiger charge is -2.07. The van der Waals surface area contributed by atoms with Crippen molar-refractivity contribution in [3.05, 3.63) is 28.8 Å². The topological polar surface area (TPSA) is 80.4 Å². The summed E-state index contributed by atoms with van der Waals surface area (Å²) in [6.45, 7) is 0.00663. The van der Waals surface area contributed by atoms with Crippen LogP contribution < -0.4 is 5.14 Å². The fourth-order valence-corrected chi connectivity index (χ4v) is 2.33. The van der Waals surface area contributed by atoms with Crippen molar-refractivity contribution in [3.8, 4) is 0 Å². The Hall–Kier alpha value is -0.620. The van der Waals surface area contributed by atoms with Gasteiger partial charge in [-0.25, -0.2) is 13.6 Å². The van der Waals surface area contributed by atoms with Crippen molar-refractivity contribution in [1.29, 1.82) is 0 Å². The first-order valence-electron chi connectivity index (χ1n) is 4.37. The minimum Gasteiger partial charge on any atom is -0.396 e. The average molecular weight is 250 g/mol. The molecule has 0 spiro atoms. The fourth-order valence-electron chi connectivity index (χ4n) is 1.27. The lowest BCUT2D eigenvalue weighted by Crippen LogP contribution is -2.14. The molecule has 1 rings (SSSR count). The zero-order valence-electron chi connectivity index (χ0n) is 7.98. The molecule has 84 valence electrons. The minimum absolute atomic E-state index is 0.00663. The van der Waals surface area contributed by atoms with E-state index in [-0.39, 0.29) is 11.5 Å². The molecule has 1 aromatic rings. The van der Waals surface area contributed by atoms with E-state index in [4.69, 9.17) is 21.8 Å². The highest BCUT2D eigenvalue weighted by Crippen LogP contribution is 2.20. The average Bonchev–Trinajstić information content (AvgIpc) is 2.14. The Kier molecular flexibility index (Phi) is 4.10. The molecule has 0 aromatic heterocycles. The van der Waals surface area contributed by atoms with Gasteiger partial charge in [0.1, 0.15) is 0 Å². The summed E-state index contributed by atoms with van der Waals surface area (Å²) in [6.07, 6.45) is 0.948. The second kappa shape index (κ2) is 4.94. The first-order valence-corrected chi connectivity index (χ1v) is 6.29. The highest BCUT2D eigenvalue weighted by atomic mass is 35.5. The highest BCUT2D eigenvalue weighted by molar-refractivity contribution is 7.89. The molecule has 15 heavy (non-hydrogen) atoms. The number of aryl methyl sites for hydroxylation is 1. The van der Waals surface area contributed by atoms with Gasteiger partial charge in [-0.15, -0.1) is 0 Å². The number of primary sulfonamides is 1. The Morgan fingerprint density at radius 3 is 2.60 bits per heavy atom. The van der Waals surface area contributed by atoms with Gasteiger partial charge in [0, 0.05) is 11.6 Å². The van der Waals surface area contributed by atoms with Crippen molar-refractivity contribution in [2.45, 2.75) is 17.7 Å². The van der Waals surface area contributed by atoms with Crippen LogP contribution in [-0.2, 0) is 16.4 Å². The SMILES string of the molecule is NS(=O)(=O)c1cc(Cl)ccc1CCCO. The van der Waals surface area contributed by atoms with Gasteiger partial charge in [0.2, 0.25) is 10.0 Å². The summed E-state index contributed by atoms with van der Waals surface area (Å²) >= 11 is 5.69. The third-order valence-corrected chi connectivity index (χ3v) is 3.17. The lowest BCUT2D eigenvalue weighted by atomic mass is 10.1. The van der Waals surface area contributed by atoms with Gasteiger partial charge >= 0.3 is 0 Å². The van der Waals surface area contributed by atoms with E-state index in [1.807, 2.05) is 0 Å². The molecule has 0 saturated carbocycles. The van der Waals surface area contributed by atoms with Crippen LogP contribution in [0.15, 0.2) is 23.1 Å². The van der Waals surface area contributed by atoms with Gasteiger partial charge < -0.3 is 5.11 Å². The monoisotopic (exact) mass is 249 g/mol. The predicted octanol–water partition coefficient (Wildman–Crippen LogP) is 0.912. The third-order valence-electron chi connectivity index (χ3n) is 1.94. The number of hydrogen-bond acceptors (Lipinski definition) is 3. The van der Waals surface area contributed by atoms with Gasteiger partial charge in [-0.2, -0.15) is 0 Å². The van der Waals surface area contributed by atoms with Crippen molar-refractivity contribution in [1.82, 2.24) is 0 Å². The normalized spacial score (nSPS) is 11.7. The van der Waals surface area contributed by atoms with E-state index in [1.54, 1.807) is 12.1 Å². The Morgan fingerprint density at radius 2 is 2.07 bits per heavy atom. The van der Waals surface area contributed by atoms with E-state index in [0.29, 0.717) is 23.4 Å². The molecule has 0 aliphatic rings. The van der Waals surface area contributed by atoms with Crippen LogP contribution in [0.3, 0.4) is 0 Å². The van der Waals surface area contributed by atoms with Gasteiger partial charge in [-0.05, 0) is 30.5 Å². The molecule has 0 heterocycles. The molecule has 0 aliphatic heterocycles. The number of aliphatic hydroxyl groups excluding tert-OH is 1. The summed E-state index contributed by atoms with van der Waals surface area (Å²) in [5.41, 5.74) is 0.580. The number of aliphatic hydroxyl groups is 1. The lowest BCUT2D eigenvalue weighted by molar-refractivity contribution is 0.288. The molecule has 0 aliphatic carbocycles. The second-order valence-electron chi connectivity index (χ2n) is 3.12. The fraction of sp³-hybridized carbons (Fsp3) is 0.333. The van der Waals surface area contributed by atoms with E-state index in [2.05, 4.69) is 0 Å². The van der Waals surface area contributed by atoms with Gasteiger partial charge in [0.25, 0.3) is 0 Å². The van der Waals surface area contributed by atoms with Crippen molar-refractivity contribution in [2.75, 3.05) is 6.61 Å². The smallest absolute Gasteiger partial charge is 0.238 e. The zero-order chi connectivity index (χ0) is 11.5. The maximum absolute atomic E-state index is 11.2. The van der Waals surface area contributed by atoms with Crippen molar-refractivity contribution in [3.63, 3.8) is 0 Å². The van der Waals surface area contributed by atoms with Crippen molar-refractivity contribution < 1.29 is 13.5 Å². The zero-order valence-corrected chi connectivity index (χ0v) is 9.55. The quantitative estimate of drug-likeness (QED) is 0.832. The number of halogens is 1. The van der Waals surface area contributed by atoms with Gasteiger partial charge in [0.05, 0.1) is 4.90 Å². The summed E-state index contributed by atoms with van der Waals surface area (Å²) in [5, 5.41) is 14.0. The number of sulfonamides is 1. The van der Waals surface area contributed by atoms with Gasteiger partial charge in [-0.3, -0.25) is 0 Å². The maximum Gasteiger partial charge on any atom is 0.238 e. The largest absolute Gasteiger partial charge is 0.396 e. The van der Waals surface area contributed by atoms with Crippen LogP contribution in [0.2, 0.25) is 5.02 Å². The Balaban J connectivity index is 3.15. The number of hydrogen-bond donors (Lipinski definition) is 2. The standard InChI is InChI=1S/C9H12ClNO3S/c10-8-4-3-7(2-1-5-12)9(6-8)15(11,13)14/h3-4,6,12H,1-2,5H2,(H2,11,13,14). The van der Waals surface area contributed by atoms with Crippen LogP contribution in [0.1, 0.15) is 12.0 Å². The molecule has 0 saturated heterocycles. The second-order valence-corrected chi connectivity index (χ2v) is 5.09. The van der Waals surface area contributed by atoms with E-state index in [9.17, 15) is 8.42 Å². The molecular formula is C9H12ClNO3S. The molecule has 4 nitrogen and oxygen atoms in total. The molecule has 0 unspecified atom stereocenters. The highest BCUT2D eigenvalue weighted by Gasteiger charge is 2.13. The van der Waals surface area contributed by atoms with Crippen LogP contribution in [0, 0.1) is 0 Å². The summed E-state index contributed by atoms with van der Waals surface area (Å²) in [7, 11) is -3.75. The third kappa shape index (κ3) is 3.46. The molecule has 0 bridgehead atoms. The van der Waals surface area contributed by atoms with Gasteiger partial charge in [0.15, 0.2) is 0 Å². The Labute approximate surface area is 93.7 Å². The summed E-state index contributed by atoms with van der Waals surface area (Å²) < 4.78 is 22.5. The molecule has 0 radical (unpaired) electrons. The molecule has 0 amide bonds. The molecule has 0 fully saturated rings. The molecule has 1 aromatic carbocycles. The van der Waals surface area contributed by atoms with E-state index in [1.165, 1.54) is 6.07 Å². The number of benzene rings is 1. The van der Waals surface area contributed by atoms with Crippen molar-refractivity contribution in [2.24, 2.45) is 5.14 Å². The van der Waals surface area contributed by atoms with E-state index < -0.39 is 10.0 Å². The molecule has 0 atom stereocenters. The number of nitrogens with two attached hydrogens (primary N) is 1.